The highest BCUT2D eigenvalue weighted by atomic mass is 19.4. The Morgan fingerprint density at radius 2 is 2.17 bits per heavy atom. The van der Waals surface area contributed by atoms with Gasteiger partial charge < -0.3 is 0 Å². The van der Waals surface area contributed by atoms with E-state index in [4.69, 9.17) is 10.1 Å². The predicted molar refractivity (Wildman–Crippen MR) is 78.7 cm³/mol. The van der Waals surface area contributed by atoms with Crippen LogP contribution in [0.4, 0.5) is 13.2 Å². The van der Waals surface area contributed by atoms with Crippen LogP contribution in [0.25, 0.3) is 0 Å². The van der Waals surface area contributed by atoms with Gasteiger partial charge in [-0.3, -0.25) is 9.63 Å². The molecule has 1 rings (SSSR count). The molecule has 7 heteroatoms. The number of nitrogens with zero attached hydrogens (tertiary/aromatic N) is 2. The van der Waals surface area contributed by atoms with Crippen molar-refractivity contribution >= 4 is 5.91 Å². The van der Waals surface area contributed by atoms with Crippen molar-refractivity contribution in [1.29, 1.82) is 5.26 Å². The van der Waals surface area contributed by atoms with Gasteiger partial charge in [-0.05, 0) is 18.6 Å². The van der Waals surface area contributed by atoms with E-state index in [1.807, 2.05) is 6.07 Å². The number of hydroxylamine groups is 2. The van der Waals surface area contributed by atoms with Gasteiger partial charge in [0.1, 0.15) is 0 Å². The van der Waals surface area contributed by atoms with E-state index < -0.39 is 30.5 Å². The minimum absolute atomic E-state index is 0.233. The van der Waals surface area contributed by atoms with Gasteiger partial charge in [-0.2, -0.15) is 18.4 Å². The smallest absolute Gasteiger partial charge is 0.272 e. The van der Waals surface area contributed by atoms with Gasteiger partial charge in [0.25, 0.3) is 0 Å². The molecule has 0 unspecified atom stereocenters. The van der Waals surface area contributed by atoms with Gasteiger partial charge in [0, 0.05) is 17.9 Å². The molecule has 0 radical (unpaired) electrons. The van der Waals surface area contributed by atoms with Gasteiger partial charge in [0.15, 0.2) is 0 Å². The summed E-state index contributed by atoms with van der Waals surface area (Å²) in [5.74, 6) is -1.94. The number of carbonyl (C=O) groups excluding carboxylic acids is 1. The second-order valence-electron chi connectivity index (χ2n) is 5.29. The summed E-state index contributed by atoms with van der Waals surface area (Å²) in [5, 5.41) is 9.81. The van der Waals surface area contributed by atoms with E-state index >= 15 is 0 Å². The number of hydrogen-bond acceptors (Lipinski definition) is 3. The zero-order chi connectivity index (χ0) is 17.6. The number of amides is 1. The van der Waals surface area contributed by atoms with Crippen LogP contribution in [-0.4, -0.2) is 29.8 Å². The summed E-state index contributed by atoms with van der Waals surface area (Å²) in [4.78, 5) is 17.3. The average Bonchev–Trinajstić information content (AvgIpc) is 2.94. The van der Waals surface area contributed by atoms with Crippen LogP contribution in [0, 0.1) is 17.2 Å². The third kappa shape index (κ3) is 5.57. The number of allylic oxidation sites excluding steroid dienone is 3. The predicted octanol–water partition coefficient (Wildman–Crippen LogP) is 3.69. The van der Waals surface area contributed by atoms with Crippen LogP contribution in [0.5, 0.6) is 0 Å². The number of rotatable bonds is 5. The number of alkyl halides is 3. The Bertz CT molecular complexity index is 559. The Labute approximate surface area is 133 Å². The molecule has 23 heavy (non-hydrogen) atoms. The van der Waals surface area contributed by atoms with Crippen LogP contribution < -0.4 is 0 Å². The first-order chi connectivity index (χ1) is 10.7. The standard InChI is InChI=1S/C16H19F3N2O2/c1-4-13(10-20)6-5-11(2)14-7-8-23-21(14)15(22)12(3)9-16(17,18)19/h4-6,12,14H,2,7-9H2,1,3H3/b6-5-,13-4+/t12-,14-/m0/s1. The summed E-state index contributed by atoms with van der Waals surface area (Å²) >= 11 is 0. The van der Waals surface area contributed by atoms with Crippen molar-refractivity contribution in [3.8, 4) is 6.07 Å². The van der Waals surface area contributed by atoms with E-state index in [0.717, 1.165) is 5.06 Å². The first kappa shape index (κ1) is 19.0. The molecule has 1 fully saturated rings. The van der Waals surface area contributed by atoms with Crippen LogP contribution in [0.3, 0.4) is 0 Å². The number of halogens is 3. The topological polar surface area (TPSA) is 53.3 Å². The van der Waals surface area contributed by atoms with Crippen molar-refractivity contribution < 1.29 is 22.8 Å². The molecule has 0 aromatic heterocycles. The van der Waals surface area contributed by atoms with E-state index in [1.165, 1.54) is 6.92 Å². The van der Waals surface area contributed by atoms with Crippen molar-refractivity contribution in [3.05, 3.63) is 36.0 Å². The Kier molecular flexibility index (Phi) is 6.58. The monoisotopic (exact) mass is 328 g/mol. The minimum Gasteiger partial charge on any atom is -0.272 e. The first-order valence-corrected chi connectivity index (χ1v) is 7.15. The Morgan fingerprint density at radius 1 is 1.52 bits per heavy atom. The normalized spacial score (nSPS) is 20.6. The number of carbonyl (C=O) groups is 1. The summed E-state index contributed by atoms with van der Waals surface area (Å²) < 4.78 is 37.3. The van der Waals surface area contributed by atoms with E-state index in [2.05, 4.69) is 6.58 Å². The van der Waals surface area contributed by atoms with Crippen molar-refractivity contribution in [2.24, 2.45) is 5.92 Å². The van der Waals surface area contributed by atoms with Crippen LogP contribution in [-0.2, 0) is 9.63 Å². The van der Waals surface area contributed by atoms with Crippen molar-refractivity contribution in [1.82, 2.24) is 5.06 Å². The van der Waals surface area contributed by atoms with Gasteiger partial charge in [0.05, 0.1) is 25.1 Å². The van der Waals surface area contributed by atoms with Gasteiger partial charge in [-0.1, -0.05) is 25.7 Å². The highest BCUT2D eigenvalue weighted by molar-refractivity contribution is 5.78. The van der Waals surface area contributed by atoms with Crippen LogP contribution in [0.2, 0.25) is 0 Å². The molecular weight excluding hydrogens is 309 g/mol. The maximum atomic E-state index is 12.4. The lowest BCUT2D eigenvalue weighted by atomic mass is 10.0. The third-order valence-electron chi connectivity index (χ3n) is 3.43. The molecule has 0 aromatic rings. The van der Waals surface area contributed by atoms with Crippen molar-refractivity contribution in [3.63, 3.8) is 0 Å². The maximum absolute atomic E-state index is 12.4. The molecule has 2 atom stereocenters. The van der Waals surface area contributed by atoms with E-state index in [-0.39, 0.29) is 6.61 Å². The molecule has 0 spiro atoms. The molecule has 1 amide bonds. The largest absolute Gasteiger partial charge is 0.389 e. The average molecular weight is 328 g/mol. The molecule has 0 aromatic carbocycles. The SMILES string of the molecule is C=C(/C=C\C(C#N)=C/C)[C@@H]1CCON1C(=O)[C@@H](C)CC(F)(F)F. The number of nitriles is 1. The lowest BCUT2D eigenvalue weighted by Gasteiger charge is -2.26. The molecule has 1 aliphatic heterocycles. The Morgan fingerprint density at radius 3 is 2.70 bits per heavy atom. The van der Waals surface area contributed by atoms with Crippen molar-refractivity contribution in [2.75, 3.05) is 6.61 Å². The molecule has 1 heterocycles. The first-order valence-electron chi connectivity index (χ1n) is 7.15. The summed E-state index contributed by atoms with van der Waals surface area (Å²) in [6, 6.07) is 1.45. The lowest BCUT2D eigenvalue weighted by Crippen LogP contribution is -2.39. The molecule has 0 aliphatic carbocycles. The molecule has 0 N–H and O–H groups in total. The third-order valence-corrected chi connectivity index (χ3v) is 3.43. The summed E-state index contributed by atoms with van der Waals surface area (Å²) in [7, 11) is 0. The second kappa shape index (κ2) is 7.97. The molecule has 0 saturated carbocycles. The molecule has 4 nitrogen and oxygen atoms in total. The van der Waals surface area contributed by atoms with Crippen molar-refractivity contribution in [2.45, 2.75) is 38.9 Å². The molecule has 0 bridgehead atoms. The Hall–Kier alpha value is -2.07. The molecule has 1 saturated heterocycles. The maximum Gasteiger partial charge on any atom is 0.389 e. The van der Waals surface area contributed by atoms with Gasteiger partial charge in [-0.15, -0.1) is 0 Å². The zero-order valence-corrected chi connectivity index (χ0v) is 13.1. The molecule has 126 valence electrons. The zero-order valence-electron chi connectivity index (χ0n) is 13.1. The van der Waals surface area contributed by atoms with Crippen LogP contribution in [0.1, 0.15) is 26.7 Å². The van der Waals surface area contributed by atoms with E-state index in [1.54, 1.807) is 25.2 Å². The van der Waals surface area contributed by atoms with Crippen LogP contribution >= 0.6 is 0 Å². The van der Waals surface area contributed by atoms with Gasteiger partial charge >= 0.3 is 6.18 Å². The highest BCUT2D eigenvalue weighted by Crippen LogP contribution is 2.29. The fraction of sp³-hybridized carbons (Fsp3) is 0.500. The van der Waals surface area contributed by atoms with E-state index in [0.29, 0.717) is 17.6 Å². The second-order valence-corrected chi connectivity index (χ2v) is 5.29. The van der Waals surface area contributed by atoms with Gasteiger partial charge in [-0.25, -0.2) is 5.06 Å². The minimum atomic E-state index is -4.41. The lowest BCUT2D eigenvalue weighted by molar-refractivity contribution is -0.187. The summed E-state index contributed by atoms with van der Waals surface area (Å²) in [6.07, 6.45) is -0.420. The molecular formula is C16H19F3N2O2. The fourth-order valence-corrected chi connectivity index (χ4v) is 2.18. The van der Waals surface area contributed by atoms with Crippen LogP contribution in [0.15, 0.2) is 36.0 Å². The summed E-state index contributed by atoms with van der Waals surface area (Å²) in [6.45, 7) is 6.99. The quantitative estimate of drug-likeness (QED) is 0.571. The van der Waals surface area contributed by atoms with E-state index in [9.17, 15) is 18.0 Å². The Balaban J connectivity index is 2.79. The summed E-state index contributed by atoms with van der Waals surface area (Å²) in [5.41, 5.74) is 0.929. The number of hydrogen-bond donors (Lipinski definition) is 0. The fourth-order valence-electron chi connectivity index (χ4n) is 2.18. The van der Waals surface area contributed by atoms with Gasteiger partial charge in [0.2, 0.25) is 5.91 Å². The molecule has 1 aliphatic rings. The highest BCUT2D eigenvalue weighted by Gasteiger charge is 2.39.